The predicted octanol–water partition coefficient (Wildman–Crippen LogP) is 3.61. The molecule has 8 nitrogen and oxygen atoms in total. The Morgan fingerprint density at radius 2 is 1.97 bits per heavy atom. The Labute approximate surface area is 188 Å². The molecule has 0 radical (unpaired) electrons. The van der Waals surface area contributed by atoms with Gasteiger partial charge in [-0.2, -0.15) is 0 Å². The average molecular weight is 432 g/mol. The molecule has 1 N–H and O–H groups in total. The third-order valence-corrected chi connectivity index (χ3v) is 5.77. The Bertz CT molecular complexity index is 1080. The summed E-state index contributed by atoms with van der Waals surface area (Å²) in [6.07, 6.45) is 9.81. The van der Waals surface area contributed by atoms with Crippen molar-refractivity contribution in [1.82, 2.24) is 25.2 Å². The van der Waals surface area contributed by atoms with E-state index in [-0.39, 0.29) is 0 Å². The summed E-state index contributed by atoms with van der Waals surface area (Å²) in [5.74, 6) is 0.853. The number of pyridine rings is 1. The minimum Gasteiger partial charge on any atom is -0.380 e. The number of benzene rings is 1. The predicted molar refractivity (Wildman–Crippen MR) is 125 cm³/mol. The van der Waals surface area contributed by atoms with Gasteiger partial charge in [0.15, 0.2) is 5.84 Å². The molecule has 0 aliphatic carbocycles. The van der Waals surface area contributed by atoms with E-state index in [2.05, 4.69) is 52.3 Å². The van der Waals surface area contributed by atoms with Gasteiger partial charge in [-0.25, -0.2) is 15.1 Å². The second kappa shape index (κ2) is 9.50. The van der Waals surface area contributed by atoms with Crippen LogP contribution in [0.2, 0.25) is 0 Å². The first kappa shape index (κ1) is 20.7. The molecule has 0 saturated heterocycles. The standard InChI is InChI=1S/C24H29N7O/c1-2-3-13-30-27-24-22-23(20-10-4-5-11-21(20)31(24)28-30)29(18-26-22)14-16-32-15-7-9-19-8-6-12-25-17-19/h4-6,8,10-12,17-18,28H,2-3,7,9,13-16H2,1H3. The zero-order valence-corrected chi connectivity index (χ0v) is 18.4. The molecule has 2 aromatic heterocycles. The highest BCUT2D eigenvalue weighted by molar-refractivity contribution is 6.17. The van der Waals surface area contributed by atoms with Crippen molar-refractivity contribution in [1.29, 1.82) is 0 Å². The average Bonchev–Trinajstić information content (AvgIpc) is 3.45. The van der Waals surface area contributed by atoms with E-state index >= 15 is 0 Å². The Balaban J connectivity index is 1.26. The number of aryl methyl sites for hydroxylation is 1. The van der Waals surface area contributed by atoms with E-state index in [9.17, 15) is 0 Å². The number of amidine groups is 1. The summed E-state index contributed by atoms with van der Waals surface area (Å²) in [5.41, 5.74) is 8.91. The van der Waals surface area contributed by atoms with Crippen molar-refractivity contribution in [3.8, 4) is 11.3 Å². The van der Waals surface area contributed by atoms with Gasteiger partial charge in [-0.15, -0.1) is 10.6 Å². The van der Waals surface area contributed by atoms with Crippen molar-refractivity contribution in [2.75, 3.05) is 24.8 Å². The first-order chi connectivity index (χ1) is 15.8. The number of anilines is 1. The lowest BCUT2D eigenvalue weighted by Crippen LogP contribution is -2.45. The largest absolute Gasteiger partial charge is 0.380 e. The Morgan fingerprint density at radius 3 is 2.84 bits per heavy atom. The lowest BCUT2D eigenvalue weighted by atomic mass is 10.0. The fraction of sp³-hybridized carbons (Fsp3) is 0.375. The number of ether oxygens (including phenoxy) is 1. The van der Waals surface area contributed by atoms with Gasteiger partial charge in [0, 0.05) is 31.1 Å². The number of hydrogen-bond donors (Lipinski definition) is 1. The maximum Gasteiger partial charge on any atom is 0.198 e. The number of fused-ring (bicyclic) bond motifs is 6. The molecular weight excluding hydrogens is 402 g/mol. The summed E-state index contributed by atoms with van der Waals surface area (Å²) < 4.78 is 8.11. The van der Waals surface area contributed by atoms with E-state index in [1.54, 1.807) is 6.20 Å². The fourth-order valence-electron chi connectivity index (χ4n) is 4.13. The van der Waals surface area contributed by atoms with Crippen LogP contribution in [-0.2, 0) is 17.7 Å². The Kier molecular flexibility index (Phi) is 6.13. The zero-order valence-electron chi connectivity index (χ0n) is 18.4. The van der Waals surface area contributed by atoms with E-state index in [1.807, 2.05) is 28.7 Å². The van der Waals surface area contributed by atoms with Gasteiger partial charge in [-0.1, -0.05) is 37.6 Å². The van der Waals surface area contributed by atoms with E-state index in [0.29, 0.717) is 6.61 Å². The van der Waals surface area contributed by atoms with Crippen molar-refractivity contribution in [2.45, 2.75) is 39.2 Å². The molecule has 0 saturated carbocycles. The van der Waals surface area contributed by atoms with Crippen LogP contribution in [0.15, 0.2) is 60.2 Å². The summed E-state index contributed by atoms with van der Waals surface area (Å²) >= 11 is 0. The zero-order chi connectivity index (χ0) is 21.8. The second-order valence-corrected chi connectivity index (χ2v) is 8.07. The number of imidazole rings is 1. The monoisotopic (exact) mass is 431 g/mol. The van der Waals surface area contributed by atoms with Crippen molar-refractivity contribution >= 4 is 11.5 Å². The molecule has 0 amide bonds. The Morgan fingerprint density at radius 1 is 1.03 bits per heavy atom. The summed E-state index contributed by atoms with van der Waals surface area (Å²) in [6, 6.07) is 12.5. The number of nitrogens with one attached hydrogen (secondary N) is 1. The van der Waals surface area contributed by atoms with Gasteiger partial charge in [-0.3, -0.25) is 4.98 Å². The lowest BCUT2D eigenvalue weighted by Gasteiger charge is -2.28. The summed E-state index contributed by atoms with van der Waals surface area (Å²) in [7, 11) is 0. The lowest BCUT2D eigenvalue weighted by molar-refractivity contribution is 0.124. The highest BCUT2D eigenvalue weighted by Gasteiger charge is 2.36. The van der Waals surface area contributed by atoms with Crippen LogP contribution in [-0.4, -0.2) is 45.2 Å². The topological polar surface area (TPSA) is 70.8 Å². The van der Waals surface area contributed by atoms with Gasteiger partial charge < -0.3 is 9.30 Å². The number of nitrogens with zero attached hydrogens (tertiary/aromatic N) is 6. The minimum atomic E-state index is 0.648. The van der Waals surface area contributed by atoms with Crippen LogP contribution in [0.4, 0.5) is 5.69 Å². The number of aromatic nitrogens is 3. The maximum atomic E-state index is 5.93. The number of rotatable bonds is 10. The van der Waals surface area contributed by atoms with Crippen LogP contribution in [0.25, 0.3) is 11.3 Å². The molecule has 0 spiro atoms. The summed E-state index contributed by atoms with van der Waals surface area (Å²) in [6.45, 7) is 5.19. The van der Waals surface area contributed by atoms with Gasteiger partial charge in [-0.05, 0) is 37.0 Å². The molecule has 8 heteroatoms. The van der Waals surface area contributed by atoms with Crippen LogP contribution in [0.5, 0.6) is 0 Å². The molecule has 1 aromatic carbocycles. The minimum absolute atomic E-state index is 0.648. The third-order valence-electron chi connectivity index (χ3n) is 5.77. The molecule has 32 heavy (non-hydrogen) atoms. The molecule has 5 rings (SSSR count). The van der Waals surface area contributed by atoms with E-state index in [1.165, 1.54) is 5.56 Å². The fourth-order valence-corrected chi connectivity index (χ4v) is 4.13. The van der Waals surface area contributed by atoms with Crippen molar-refractivity contribution in [3.05, 3.63) is 66.4 Å². The number of hydrazone groups is 1. The first-order valence-electron chi connectivity index (χ1n) is 11.4. The summed E-state index contributed by atoms with van der Waals surface area (Å²) in [5, 5.41) is 8.76. The van der Waals surface area contributed by atoms with Gasteiger partial charge in [0.05, 0.1) is 30.9 Å². The number of hydrogen-bond acceptors (Lipinski definition) is 7. The molecular formula is C24H29N7O. The van der Waals surface area contributed by atoms with Crippen molar-refractivity contribution < 1.29 is 4.74 Å². The normalized spacial score (nSPS) is 14.2. The molecule has 3 aromatic rings. The highest BCUT2D eigenvalue weighted by atomic mass is 16.5. The van der Waals surface area contributed by atoms with E-state index in [0.717, 1.165) is 73.9 Å². The third kappa shape index (κ3) is 4.11. The molecule has 166 valence electrons. The van der Waals surface area contributed by atoms with Gasteiger partial charge >= 0.3 is 0 Å². The first-order valence-corrected chi connectivity index (χ1v) is 11.4. The van der Waals surface area contributed by atoms with Crippen LogP contribution < -0.4 is 10.5 Å². The molecule has 0 fully saturated rings. The number of unbranched alkanes of at least 4 members (excludes halogenated alkanes) is 1. The van der Waals surface area contributed by atoms with Gasteiger partial charge in [0.25, 0.3) is 0 Å². The smallest absolute Gasteiger partial charge is 0.198 e. The van der Waals surface area contributed by atoms with Crippen LogP contribution in [0.1, 0.15) is 37.4 Å². The summed E-state index contributed by atoms with van der Waals surface area (Å²) in [4.78, 5) is 8.89. The number of para-hydroxylation sites is 1. The molecule has 2 aliphatic heterocycles. The number of hydrazine groups is 2. The van der Waals surface area contributed by atoms with Crippen LogP contribution >= 0.6 is 0 Å². The molecule has 2 aliphatic rings. The van der Waals surface area contributed by atoms with Crippen molar-refractivity contribution in [2.24, 2.45) is 5.10 Å². The van der Waals surface area contributed by atoms with Crippen LogP contribution in [0, 0.1) is 0 Å². The second-order valence-electron chi connectivity index (χ2n) is 8.07. The highest BCUT2D eigenvalue weighted by Crippen LogP contribution is 2.39. The van der Waals surface area contributed by atoms with Crippen LogP contribution in [0.3, 0.4) is 0 Å². The molecule has 0 atom stereocenters. The Hall–Kier alpha value is -3.23. The molecule has 0 unspecified atom stereocenters. The van der Waals surface area contributed by atoms with E-state index in [4.69, 9.17) is 14.8 Å². The molecule has 0 bridgehead atoms. The quantitative estimate of drug-likeness (QED) is 0.495. The maximum absolute atomic E-state index is 5.93. The van der Waals surface area contributed by atoms with Gasteiger partial charge in [0.2, 0.25) is 0 Å². The van der Waals surface area contributed by atoms with E-state index < -0.39 is 0 Å². The SMILES string of the molecule is CCCCN1N=C2c3ncn(CCOCCCc4cccnc4)c3-c3ccccc3N2N1. The molecule has 4 heterocycles. The van der Waals surface area contributed by atoms with Crippen molar-refractivity contribution in [3.63, 3.8) is 0 Å². The van der Waals surface area contributed by atoms with Gasteiger partial charge in [0.1, 0.15) is 5.69 Å².